The molecule has 1 amide bonds. The summed E-state index contributed by atoms with van der Waals surface area (Å²) in [5.41, 5.74) is 0.0861. The molecule has 0 radical (unpaired) electrons. The van der Waals surface area contributed by atoms with Crippen LogP contribution in [0.2, 0.25) is 5.02 Å². The number of halogens is 1. The van der Waals surface area contributed by atoms with Gasteiger partial charge >= 0.3 is 0 Å². The number of amides is 1. The van der Waals surface area contributed by atoms with Gasteiger partial charge in [-0.3, -0.25) is 4.79 Å². The van der Waals surface area contributed by atoms with Crippen LogP contribution >= 0.6 is 11.6 Å². The summed E-state index contributed by atoms with van der Waals surface area (Å²) in [6.07, 6.45) is 2.20. The van der Waals surface area contributed by atoms with Crippen LogP contribution < -0.4 is 10.1 Å². The number of benzene rings is 1. The Bertz CT molecular complexity index is 943. The average Bonchev–Trinajstić information content (AvgIpc) is 3.15. The van der Waals surface area contributed by atoms with Crippen molar-refractivity contribution in [1.82, 2.24) is 4.98 Å². The third-order valence-corrected chi connectivity index (χ3v) is 6.43. The normalized spacial score (nSPS) is 16.9. The Morgan fingerprint density at radius 1 is 1.41 bits per heavy atom. The van der Waals surface area contributed by atoms with Gasteiger partial charge in [0.1, 0.15) is 5.75 Å². The van der Waals surface area contributed by atoms with Crippen LogP contribution in [-0.2, 0) is 14.6 Å². The molecule has 3 rings (SSSR count). The van der Waals surface area contributed by atoms with Crippen molar-refractivity contribution in [3.05, 3.63) is 47.1 Å². The van der Waals surface area contributed by atoms with Crippen molar-refractivity contribution in [2.45, 2.75) is 11.3 Å². The molecule has 0 unspecified atom stereocenters. The summed E-state index contributed by atoms with van der Waals surface area (Å²) in [4.78, 5) is 16.7. The Morgan fingerprint density at radius 3 is 2.89 bits per heavy atom. The van der Waals surface area contributed by atoms with Crippen LogP contribution in [0.15, 0.2) is 41.4 Å². The Hall–Kier alpha value is -2.16. The Labute approximate surface area is 162 Å². The van der Waals surface area contributed by atoms with Crippen LogP contribution in [0.4, 0.5) is 5.82 Å². The van der Waals surface area contributed by atoms with Crippen molar-refractivity contribution in [2.75, 3.05) is 31.4 Å². The molecule has 1 atom stereocenters. The molecule has 27 heavy (non-hydrogen) atoms. The second-order valence-electron chi connectivity index (χ2n) is 6.16. The maximum atomic E-state index is 12.7. The van der Waals surface area contributed by atoms with Gasteiger partial charge in [0.2, 0.25) is 0 Å². The number of carbonyl (C=O) groups is 1. The molecule has 1 N–H and O–H groups in total. The molecule has 9 heteroatoms. The number of nitrogens with one attached hydrogen (secondary N) is 1. The van der Waals surface area contributed by atoms with E-state index in [-0.39, 0.29) is 38.7 Å². The lowest BCUT2D eigenvalue weighted by molar-refractivity contribution is 0.102. The van der Waals surface area contributed by atoms with Crippen molar-refractivity contribution in [2.24, 2.45) is 5.92 Å². The van der Waals surface area contributed by atoms with Gasteiger partial charge in [-0.05, 0) is 42.7 Å². The number of nitrogens with zero attached hydrogens (tertiary/aromatic N) is 1. The van der Waals surface area contributed by atoms with E-state index in [0.29, 0.717) is 19.6 Å². The van der Waals surface area contributed by atoms with Crippen molar-refractivity contribution in [1.29, 1.82) is 0 Å². The van der Waals surface area contributed by atoms with Crippen LogP contribution in [0, 0.1) is 5.92 Å². The average molecular weight is 411 g/mol. The number of anilines is 1. The third-order valence-electron chi connectivity index (χ3n) is 4.24. The number of methoxy groups -OCH3 is 1. The van der Waals surface area contributed by atoms with E-state index in [2.05, 4.69) is 10.3 Å². The van der Waals surface area contributed by atoms with Crippen molar-refractivity contribution in [3.8, 4) is 5.75 Å². The number of aromatic nitrogens is 1. The second-order valence-corrected chi connectivity index (χ2v) is 8.60. The molecule has 0 spiro atoms. The first kappa shape index (κ1) is 19.6. The van der Waals surface area contributed by atoms with E-state index < -0.39 is 15.7 Å². The van der Waals surface area contributed by atoms with Crippen LogP contribution in [0.1, 0.15) is 16.8 Å². The summed E-state index contributed by atoms with van der Waals surface area (Å²) in [5.74, 6) is -0.187. The molecule has 1 aliphatic heterocycles. The minimum atomic E-state index is -3.56. The SMILES string of the molecule is COc1ccc(S(=O)(=O)C[C@H]2CCOC2)cc1C(=O)Nc1ncccc1Cl. The predicted molar refractivity (Wildman–Crippen MR) is 101 cm³/mol. The van der Waals surface area contributed by atoms with Gasteiger partial charge < -0.3 is 14.8 Å². The first-order valence-electron chi connectivity index (χ1n) is 8.31. The standard InChI is InChI=1S/C18H19ClN2O5S/c1-25-16-5-4-13(27(23,24)11-12-6-8-26-10-12)9-14(16)18(22)21-17-15(19)3-2-7-20-17/h2-5,7,9,12H,6,8,10-11H2,1H3,(H,20,21,22)/t12-/m0/s1. The zero-order valence-electron chi connectivity index (χ0n) is 14.6. The van der Waals surface area contributed by atoms with Gasteiger partial charge in [-0.2, -0.15) is 0 Å². The van der Waals surface area contributed by atoms with Crippen LogP contribution in [0.3, 0.4) is 0 Å². The van der Waals surface area contributed by atoms with Crippen LogP contribution in [-0.4, -0.2) is 45.4 Å². The highest BCUT2D eigenvalue weighted by Gasteiger charge is 2.26. The first-order valence-corrected chi connectivity index (χ1v) is 10.3. The minimum Gasteiger partial charge on any atom is -0.496 e. The quantitative estimate of drug-likeness (QED) is 0.786. The molecule has 1 fully saturated rings. The van der Waals surface area contributed by atoms with Gasteiger partial charge in [0, 0.05) is 12.8 Å². The molecule has 2 aromatic rings. The van der Waals surface area contributed by atoms with E-state index in [1.165, 1.54) is 31.5 Å². The minimum absolute atomic E-state index is 0.0214. The highest BCUT2D eigenvalue weighted by atomic mass is 35.5. The number of hydrogen-bond acceptors (Lipinski definition) is 6. The summed E-state index contributed by atoms with van der Waals surface area (Å²) in [6.45, 7) is 1.00. The fraction of sp³-hybridized carbons (Fsp3) is 0.333. The Kier molecular flexibility index (Phi) is 5.98. The number of carbonyl (C=O) groups excluding carboxylic acids is 1. The molecular formula is C18H19ClN2O5S. The summed E-state index contributed by atoms with van der Waals surface area (Å²) in [7, 11) is -2.16. The van der Waals surface area contributed by atoms with Crippen molar-refractivity contribution >= 4 is 33.2 Å². The first-order chi connectivity index (χ1) is 12.9. The number of pyridine rings is 1. The molecular weight excluding hydrogens is 392 g/mol. The maximum Gasteiger partial charge on any atom is 0.260 e. The molecule has 144 valence electrons. The lowest BCUT2D eigenvalue weighted by Crippen LogP contribution is -2.18. The van der Waals surface area contributed by atoms with Crippen LogP contribution in [0.5, 0.6) is 5.75 Å². The van der Waals surface area contributed by atoms with E-state index in [1.807, 2.05) is 0 Å². The molecule has 0 aliphatic carbocycles. The monoisotopic (exact) mass is 410 g/mol. The Morgan fingerprint density at radius 2 is 2.22 bits per heavy atom. The molecule has 2 heterocycles. The van der Waals surface area contributed by atoms with Gasteiger partial charge in [-0.25, -0.2) is 13.4 Å². The molecule has 1 aliphatic rings. The van der Waals surface area contributed by atoms with E-state index in [1.54, 1.807) is 12.1 Å². The lowest BCUT2D eigenvalue weighted by Gasteiger charge is -2.13. The molecule has 0 saturated carbocycles. The fourth-order valence-electron chi connectivity index (χ4n) is 2.83. The predicted octanol–water partition coefficient (Wildman–Crippen LogP) is 2.81. The summed E-state index contributed by atoms with van der Waals surface area (Å²) >= 11 is 6.01. The lowest BCUT2D eigenvalue weighted by atomic mass is 10.2. The molecule has 0 bridgehead atoms. The number of ether oxygens (including phenoxy) is 2. The zero-order valence-corrected chi connectivity index (χ0v) is 16.2. The van der Waals surface area contributed by atoms with Crippen LogP contribution in [0.25, 0.3) is 0 Å². The van der Waals surface area contributed by atoms with Gasteiger partial charge in [0.15, 0.2) is 15.7 Å². The topological polar surface area (TPSA) is 94.6 Å². The second kappa shape index (κ2) is 8.24. The van der Waals surface area contributed by atoms with Gasteiger partial charge in [-0.1, -0.05) is 11.6 Å². The maximum absolute atomic E-state index is 12.7. The molecule has 1 saturated heterocycles. The van der Waals surface area contributed by atoms with Gasteiger partial charge in [0.05, 0.1) is 35.0 Å². The highest BCUT2D eigenvalue weighted by molar-refractivity contribution is 7.91. The number of sulfone groups is 1. The Balaban J connectivity index is 1.89. The largest absolute Gasteiger partial charge is 0.496 e. The molecule has 7 nitrogen and oxygen atoms in total. The highest BCUT2D eigenvalue weighted by Crippen LogP contribution is 2.27. The molecule has 1 aromatic heterocycles. The molecule has 1 aromatic carbocycles. The zero-order chi connectivity index (χ0) is 19.4. The van der Waals surface area contributed by atoms with Crippen molar-refractivity contribution in [3.63, 3.8) is 0 Å². The van der Waals surface area contributed by atoms with E-state index in [9.17, 15) is 13.2 Å². The van der Waals surface area contributed by atoms with Crippen molar-refractivity contribution < 1.29 is 22.7 Å². The number of hydrogen-bond donors (Lipinski definition) is 1. The van der Waals surface area contributed by atoms with E-state index in [0.717, 1.165) is 0 Å². The van der Waals surface area contributed by atoms with E-state index in [4.69, 9.17) is 21.1 Å². The van der Waals surface area contributed by atoms with Gasteiger partial charge in [0.25, 0.3) is 5.91 Å². The number of rotatable bonds is 6. The third kappa shape index (κ3) is 4.58. The summed E-state index contributed by atoms with van der Waals surface area (Å²) in [5, 5.41) is 2.85. The fourth-order valence-corrected chi connectivity index (χ4v) is 4.65. The van der Waals surface area contributed by atoms with Gasteiger partial charge in [-0.15, -0.1) is 0 Å². The smallest absolute Gasteiger partial charge is 0.260 e. The summed E-state index contributed by atoms with van der Waals surface area (Å²) < 4.78 is 35.9. The van der Waals surface area contributed by atoms with E-state index >= 15 is 0 Å². The summed E-state index contributed by atoms with van der Waals surface area (Å²) in [6, 6.07) is 7.45.